The number of aromatic nitrogens is 1. The van der Waals surface area contributed by atoms with Gasteiger partial charge in [-0.2, -0.15) is 0 Å². The number of rotatable bonds is 2. The van der Waals surface area contributed by atoms with Crippen molar-refractivity contribution in [2.75, 3.05) is 18.0 Å². The van der Waals surface area contributed by atoms with Gasteiger partial charge in [-0.05, 0) is 27.7 Å². The lowest BCUT2D eigenvalue weighted by atomic mass is 9.99. The number of hydrogen-bond donors (Lipinski definition) is 1. The van der Waals surface area contributed by atoms with Crippen LogP contribution in [-0.4, -0.2) is 29.3 Å². The Hall–Kier alpha value is -0.650. The second-order valence-electron chi connectivity index (χ2n) is 5.80. The van der Waals surface area contributed by atoms with Crippen LogP contribution in [0.15, 0.2) is 5.38 Å². The van der Waals surface area contributed by atoms with E-state index in [1.165, 1.54) is 0 Å². The van der Waals surface area contributed by atoms with Crippen molar-refractivity contribution in [2.45, 2.75) is 45.4 Å². The fourth-order valence-electron chi connectivity index (χ4n) is 2.46. The minimum Gasteiger partial charge on any atom is -0.366 e. The van der Waals surface area contributed by atoms with Gasteiger partial charge in [0.05, 0.1) is 16.9 Å². The van der Waals surface area contributed by atoms with Gasteiger partial charge in [-0.1, -0.05) is 0 Å². The summed E-state index contributed by atoms with van der Waals surface area (Å²) in [4.78, 5) is 6.85. The van der Waals surface area contributed by atoms with Crippen LogP contribution in [0.3, 0.4) is 0 Å². The maximum absolute atomic E-state index is 6.06. The lowest BCUT2D eigenvalue weighted by Gasteiger charge is -2.47. The molecule has 0 atom stereocenters. The minimum absolute atomic E-state index is 0.143. The van der Waals surface area contributed by atoms with Gasteiger partial charge in [0.25, 0.3) is 0 Å². The molecule has 96 valence electrons. The number of hydrogen-bond acceptors (Lipinski definition) is 5. The van der Waals surface area contributed by atoms with E-state index in [1.807, 2.05) is 5.38 Å². The largest absolute Gasteiger partial charge is 0.366 e. The number of nitrogens with zero attached hydrogens (tertiary/aromatic N) is 2. The summed E-state index contributed by atoms with van der Waals surface area (Å²) in [6, 6.07) is 0. The van der Waals surface area contributed by atoms with E-state index in [-0.39, 0.29) is 11.2 Å². The predicted octanol–water partition coefficient (Wildman–Crippen LogP) is 2.00. The first-order chi connectivity index (χ1) is 7.81. The summed E-state index contributed by atoms with van der Waals surface area (Å²) in [5.41, 5.74) is 6.28. The summed E-state index contributed by atoms with van der Waals surface area (Å²) >= 11 is 1.66. The smallest absolute Gasteiger partial charge is 0.185 e. The average molecular weight is 255 g/mol. The summed E-state index contributed by atoms with van der Waals surface area (Å²) in [5.74, 6) is 0. The first-order valence-corrected chi connectivity index (χ1v) is 6.79. The fourth-order valence-corrected chi connectivity index (χ4v) is 3.30. The molecule has 2 rings (SSSR count). The maximum atomic E-state index is 6.06. The van der Waals surface area contributed by atoms with E-state index in [2.05, 4.69) is 37.6 Å². The molecule has 0 saturated carbocycles. The molecule has 0 unspecified atom stereocenters. The van der Waals surface area contributed by atoms with Crippen LogP contribution >= 0.6 is 11.3 Å². The minimum atomic E-state index is -0.143. The summed E-state index contributed by atoms with van der Waals surface area (Å²) in [7, 11) is 0. The van der Waals surface area contributed by atoms with Gasteiger partial charge in [-0.15, -0.1) is 11.3 Å². The van der Waals surface area contributed by atoms with Gasteiger partial charge in [0, 0.05) is 25.0 Å². The summed E-state index contributed by atoms with van der Waals surface area (Å²) < 4.78 is 6.06. The Kier molecular flexibility index (Phi) is 3.18. The van der Waals surface area contributed by atoms with Crippen molar-refractivity contribution in [1.82, 2.24) is 4.98 Å². The summed E-state index contributed by atoms with van der Waals surface area (Å²) in [6.07, 6.45) is 0. The van der Waals surface area contributed by atoms with E-state index >= 15 is 0 Å². The molecule has 17 heavy (non-hydrogen) atoms. The zero-order chi connectivity index (χ0) is 12.7. The quantitative estimate of drug-likeness (QED) is 0.878. The topological polar surface area (TPSA) is 51.4 Å². The van der Waals surface area contributed by atoms with Crippen molar-refractivity contribution in [3.63, 3.8) is 0 Å². The van der Waals surface area contributed by atoms with Gasteiger partial charge in [0.2, 0.25) is 0 Å². The molecule has 1 aromatic rings. The summed E-state index contributed by atoms with van der Waals surface area (Å²) in [5, 5.41) is 3.08. The Morgan fingerprint density at radius 1 is 1.35 bits per heavy atom. The van der Waals surface area contributed by atoms with Crippen molar-refractivity contribution in [2.24, 2.45) is 5.73 Å². The zero-order valence-electron chi connectivity index (χ0n) is 11.0. The molecule has 2 N–H and O–H groups in total. The van der Waals surface area contributed by atoms with Crippen molar-refractivity contribution < 1.29 is 4.74 Å². The third-order valence-electron chi connectivity index (χ3n) is 2.72. The van der Waals surface area contributed by atoms with E-state index in [9.17, 15) is 0 Å². The Labute approximate surface area is 107 Å². The number of nitrogens with two attached hydrogens (primary N) is 1. The standard InChI is InChI=1S/C12H21N3OS/c1-11(2)7-15(8-12(3,4)16-11)10-14-9(5-13)6-17-10/h6H,5,7-8,13H2,1-4H3. The highest BCUT2D eigenvalue weighted by molar-refractivity contribution is 7.13. The first kappa shape index (κ1) is 12.8. The van der Waals surface area contributed by atoms with Gasteiger partial charge >= 0.3 is 0 Å². The molecule has 1 fully saturated rings. The van der Waals surface area contributed by atoms with Crippen LogP contribution in [0, 0.1) is 0 Å². The van der Waals surface area contributed by atoms with Crippen LogP contribution in [0.2, 0.25) is 0 Å². The number of thiazole rings is 1. The van der Waals surface area contributed by atoms with Crippen LogP contribution in [0.4, 0.5) is 5.13 Å². The van der Waals surface area contributed by atoms with Gasteiger partial charge in [0.1, 0.15) is 0 Å². The Bertz CT molecular complexity index is 384. The molecule has 4 nitrogen and oxygen atoms in total. The van der Waals surface area contributed by atoms with Crippen molar-refractivity contribution >= 4 is 16.5 Å². The molecule has 0 spiro atoms. The number of ether oxygens (including phenoxy) is 1. The van der Waals surface area contributed by atoms with Crippen molar-refractivity contribution in [3.8, 4) is 0 Å². The van der Waals surface area contributed by atoms with Crippen LogP contribution < -0.4 is 10.6 Å². The molecule has 0 aromatic carbocycles. The summed E-state index contributed by atoms with van der Waals surface area (Å²) in [6.45, 7) is 10.7. The lowest BCUT2D eigenvalue weighted by molar-refractivity contribution is -0.133. The van der Waals surface area contributed by atoms with E-state index in [4.69, 9.17) is 10.5 Å². The Morgan fingerprint density at radius 3 is 2.41 bits per heavy atom. The SMILES string of the molecule is CC1(C)CN(c2nc(CN)cs2)CC(C)(C)O1. The first-order valence-electron chi connectivity index (χ1n) is 5.91. The van der Waals surface area contributed by atoms with Crippen molar-refractivity contribution in [3.05, 3.63) is 11.1 Å². The molecule has 0 bridgehead atoms. The van der Waals surface area contributed by atoms with Gasteiger partial charge < -0.3 is 15.4 Å². The lowest BCUT2D eigenvalue weighted by Crippen LogP contribution is -2.57. The maximum Gasteiger partial charge on any atom is 0.185 e. The monoisotopic (exact) mass is 255 g/mol. The van der Waals surface area contributed by atoms with Gasteiger partial charge in [0.15, 0.2) is 5.13 Å². The van der Waals surface area contributed by atoms with E-state index in [1.54, 1.807) is 11.3 Å². The molecule has 0 amide bonds. The van der Waals surface area contributed by atoms with Crippen LogP contribution in [0.25, 0.3) is 0 Å². The zero-order valence-corrected chi connectivity index (χ0v) is 11.8. The predicted molar refractivity (Wildman–Crippen MR) is 71.5 cm³/mol. The third kappa shape index (κ3) is 2.97. The molecule has 1 aliphatic heterocycles. The molecule has 0 radical (unpaired) electrons. The highest BCUT2D eigenvalue weighted by atomic mass is 32.1. The second kappa shape index (κ2) is 4.23. The highest BCUT2D eigenvalue weighted by Crippen LogP contribution is 2.32. The molecular weight excluding hydrogens is 234 g/mol. The normalized spacial score (nSPS) is 22.8. The molecule has 0 aliphatic carbocycles. The van der Waals surface area contributed by atoms with Crippen LogP contribution in [0.5, 0.6) is 0 Å². The molecule has 2 heterocycles. The van der Waals surface area contributed by atoms with Crippen LogP contribution in [0.1, 0.15) is 33.4 Å². The molecule has 1 aromatic heterocycles. The van der Waals surface area contributed by atoms with Crippen LogP contribution in [-0.2, 0) is 11.3 Å². The molecule has 1 aliphatic rings. The molecule has 5 heteroatoms. The number of anilines is 1. The van der Waals surface area contributed by atoms with Gasteiger partial charge in [-0.25, -0.2) is 4.98 Å². The van der Waals surface area contributed by atoms with Gasteiger partial charge in [-0.3, -0.25) is 0 Å². The number of morpholine rings is 1. The Morgan fingerprint density at radius 2 is 1.94 bits per heavy atom. The van der Waals surface area contributed by atoms with E-state index in [0.717, 1.165) is 23.9 Å². The molecule has 1 saturated heterocycles. The van der Waals surface area contributed by atoms with Crippen molar-refractivity contribution in [1.29, 1.82) is 0 Å². The van der Waals surface area contributed by atoms with E-state index in [0.29, 0.717) is 6.54 Å². The highest BCUT2D eigenvalue weighted by Gasteiger charge is 2.38. The third-order valence-corrected chi connectivity index (χ3v) is 3.67. The Balaban J connectivity index is 2.20. The fraction of sp³-hybridized carbons (Fsp3) is 0.750. The average Bonchev–Trinajstić information content (AvgIpc) is 2.60. The molecular formula is C12H21N3OS. The second-order valence-corrected chi connectivity index (χ2v) is 6.64. The van der Waals surface area contributed by atoms with E-state index < -0.39 is 0 Å².